The summed E-state index contributed by atoms with van der Waals surface area (Å²) in [6.45, 7) is 0.0926. The molecule has 0 aromatic heterocycles. The number of halogens is 2. The van der Waals surface area contributed by atoms with Crippen LogP contribution >= 0.6 is 11.6 Å². The molecule has 2 aromatic carbocycles. The summed E-state index contributed by atoms with van der Waals surface area (Å²) in [6, 6.07) is 11.4. The normalized spacial score (nSPS) is 11.1. The summed E-state index contributed by atoms with van der Waals surface area (Å²) in [5.41, 5.74) is 0. The van der Waals surface area contributed by atoms with E-state index in [-0.39, 0.29) is 30.1 Å². The number of rotatable bonds is 7. The van der Waals surface area contributed by atoms with Gasteiger partial charge in [0.05, 0.1) is 11.5 Å². The van der Waals surface area contributed by atoms with Crippen molar-refractivity contribution >= 4 is 27.5 Å². The van der Waals surface area contributed by atoms with Gasteiger partial charge in [0.25, 0.3) is 10.0 Å². The Kier molecular flexibility index (Phi) is 6.16. The third-order valence-corrected chi connectivity index (χ3v) is 4.66. The fourth-order valence-electron chi connectivity index (χ4n) is 1.85. The Morgan fingerprint density at radius 2 is 1.79 bits per heavy atom. The van der Waals surface area contributed by atoms with E-state index in [1.807, 2.05) is 4.72 Å². The van der Waals surface area contributed by atoms with Crippen molar-refractivity contribution in [2.45, 2.75) is 17.7 Å². The molecule has 0 fully saturated rings. The van der Waals surface area contributed by atoms with Crippen LogP contribution < -0.4 is 9.46 Å². The molecule has 24 heavy (non-hydrogen) atoms. The molecule has 0 aliphatic carbocycles. The fraction of sp³-hybridized carbons (Fsp3) is 0.188. The van der Waals surface area contributed by atoms with E-state index in [2.05, 4.69) is 0 Å². The molecule has 0 atom stereocenters. The number of nitrogens with one attached hydrogen (secondary N) is 1. The van der Waals surface area contributed by atoms with Gasteiger partial charge in [-0.1, -0.05) is 23.7 Å². The number of carbonyl (C=O) groups is 1. The van der Waals surface area contributed by atoms with Gasteiger partial charge in [-0.3, -0.25) is 4.79 Å². The number of para-hydroxylation sites is 1. The molecular weight excluding hydrogens is 357 g/mol. The first-order chi connectivity index (χ1) is 11.4. The number of hydrogen-bond acceptors (Lipinski definition) is 4. The molecule has 2 rings (SSSR count). The van der Waals surface area contributed by atoms with E-state index in [0.717, 1.165) is 0 Å². The number of carbonyl (C=O) groups excluding carboxylic acids is 1. The molecule has 0 heterocycles. The van der Waals surface area contributed by atoms with Gasteiger partial charge in [0.1, 0.15) is 0 Å². The van der Waals surface area contributed by atoms with Crippen molar-refractivity contribution in [2.24, 2.45) is 0 Å². The highest BCUT2D eigenvalue weighted by Crippen LogP contribution is 2.16. The molecule has 0 bridgehead atoms. The van der Waals surface area contributed by atoms with Crippen molar-refractivity contribution in [3.05, 3.63) is 59.4 Å². The Hall–Kier alpha value is -2.12. The molecule has 0 saturated heterocycles. The van der Waals surface area contributed by atoms with Crippen LogP contribution in [0.1, 0.15) is 12.8 Å². The lowest BCUT2D eigenvalue weighted by molar-refractivity contribution is -0.119. The van der Waals surface area contributed by atoms with Gasteiger partial charge in [0.2, 0.25) is 5.91 Å². The van der Waals surface area contributed by atoms with Gasteiger partial charge in [-0.25, -0.2) is 17.5 Å². The standard InChI is InChI=1S/C16H15ClFNO4S/c17-12-7-9-13(10-8-12)24(21,22)19-16(20)6-3-11-23-15-5-2-1-4-14(15)18/h1-2,4-5,7-10H,3,6,11H2,(H,19,20). The van der Waals surface area contributed by atoms with Crippen LogP contribution in [0.15, 0.2) is 53.4 Å². The maximum Gasteiger partial charge on any atom is 0.264 e. The van der Waals surface area contributed by atoms with E-state index < -0.39 is 21.7 Å². The monoisotopic (exact) mass is 371 g/mol. The number of sulfonamides is 1. The molecule has 0 radical (unpaired) electrons. The average molecular weight is 372 g/mol. The third kappa shape index (κ3) is 5.21. The predicted octanol–water partition coefficient (Wildman–Crippen LogP) is 3.14. The van der Waals surface area contributed by atoms with Crippen LogP contribution in [0.2, 0.25) is 5.02 Å². The first kappa shape index (κ1) is 18.2. The zero-order valence-corrected chi connectivity index (χ0v) is 14.1. The quantitative estimate of drug-likeness (QED) is 0.759. The van der Waals surface area contributed by atoms with E-state index in [1.54, 1.807) is 6.07 Å². The summed E-state index contributed by atoms with van der Waals surface area (Å²) in [5.74, 6) is -1.07. The first-order valence-electron chi connectivity index (χ1n) is 7.07. The number of benzene rings is 2. The molecular formula is C16H15ClFNO4S. The van der Waals surface area contributed by atoms with Crippen LogP contribution in [-0.4, -0.2) is 20.9 Å². The molecule has 0 saturated carbocycles. The van der Waals surface area contributed by atoms with Gasteiger partial charge in [-0.05, 0) is 42.8 Å². The van der Waals surface area contributed by atoms with Gasteiger partial charge < -0.3 is 4.74 Å². The van der Waals surface area contributed by atoms with Gasteiger partial charge in [0.15, 0.2) is 11.6 Å². The van der Waals surface area contributed by atoms with Crippen molar-refractivity contribution in [1.82, 2.24) is 4.72 Å². The molecule has 2 aromatic rings. The highest BCUT2D eigenvalue weighted by Gasteiger charge is 2.17. The van der Waals surface area contributed by atoms with E-state index >= 15 is 0 Å². The Morgan fingerprint density at radius 3 is 2.46 bits per heavy atom. The Morgan fingerprint density at radius 1 is 1.12 bits per heavy atom. The maximum absolute atomic E-state index is 13.3. The lowest BCUT2D eigenvalue weighted by Crippen LogP contribution is -2.30. The van der Waals surface area contributed by atoms with Gasteiger partial charge in [0, 0.05) is 11.4 Å². The first-order valence-corrected chi connectivity index (χ1v) is 8.93. The Balaban J connectivity index is 1.81. The minimum atomic E-state index is -3.93. The van der Waals surface area contributed by atoms with Crippen molar-refractivity contribution < 1.29 is 22.3 Å². The zero-order chi connectivity index (χ0) is 17.6. The summed E-state index contributed by atoms with van der Waals surface area (Å²) in [4.78, 5) is 11.7. The minimum absolute atomic E-state index is 0.0529. The number of hydrogen-bond donors (Lipinski definition) is 1. The van der Waals surface area contributed by atoms with Gasteiger partial charge in [-0.2, -0.15) is 0 Å². The van der Waals surface area contributed by atoms with Gasteiger partial charge in [-0.15, -0.1) is 0 Å². The highest BCUT2D eigenvalue weighted by atomic mass is 35.5. The largest absolute Gasteiger partial charge is 0.491 e. The lowest BCUT2D eigenvalue weighted by atomic mass is 10.3. The summed E-state index contributed by atoms with van der Waals surface area (Å²) >= 11 is 5.69. The van der Waals surface area contributed by atoms with Crippen LogP contribution in [0.3, 0.4) is 0 Å². The lowest BCUT2D eigenvalue weighted by Gasteiger charge is -2.08. The van der Waals surface area contributed by atoms with Crippen LogP contribution in [0.25, 0.3) is 0 Å². The number of ether oxygens (including phenoxy) is 1. The van der Waals surface area contributed by atoms with E-state index in [1.165, 1.54) is 42.5 Å². The molecule has 1 amide bonds. The van der Waals surface area contributed by atoms with Crippen LogP contribution in [0, 0.1) is 5.82 Å². The van der Waals surface area contributed by atoms with Crippen LogP contribution in [0.5, 0.6) is 5.75 Å². The zero-order valence-electron chi connectivity index (χ0n) is 12.5. The molecule has 1 N–H and O–H groups in total. The fourth-order valence-corrected chi connectivity index (χ4v) is 2.99. The molecule has 0 aliphatic heterocycles. The third-order valence-electron chi connectivity index (χ3n) is 3.01. The molecule has 0 spiro atoms. The van der Waals surface area contributed by atoms with Gasteiger partial charge >= 0.3 is 0 Å². The van der Waals surface area contributed by atoms with Crippen molar-refractivity contribution in [3.8, 4) is 5.75 Å². The molecule has 0 aliphatic rings. The minimum Gasteiger partial charge on any atom is -0.491 e. The van der Waals surface area contributed by atoms with Crippen LogP contribution in [0.4, 0.5) is 4.39 Å². The van der Waals surface area contributed by atoms with Crippen molar-refractivity contribution in [2.75, 3.05) is 6.61 Å². The molecule has 128 valence electrons. The summed E-state index contributed by atoms with van der Waals surface area (Å²) in [6.07, 6.45) is 0.178. The SMILES string of the molecule is O=C(CCCOc1ccccc1F)NS(=O)(=O)c1ccc(Cl)cc1. The molecule has 8 heteroatoms. The Bertz CT molecular complexity index is 809. The van der Waals surface area contributed by atoms with Crippen LogP contribution in [-0.2, 0) is 14.8 Å². The summed E-state index contributed by atoms with van der Waals surface area (Å²) in [7, 11) is -3.93. The predicted molar refractivity (Wildman–Crippen MR) is 87.9 cm³/mol. The summed E-state index contributed by atoms with van der Waals surface area (Å²) < 4.78 is 44.5. The number of amides is 1. The molecule has 0 unspecified atom stereocenters. The van der Waals surface area contributed by atoms with Crippen molar-refractivity contribution in [3.63, 3.8) is 0 Å². The smallest absolute Gasteiger partial charge is 0.264 e. The second-order valence-corrected chi connectivity index (χ2v) is 6.98. The second kappa shape index (κ2) is 8.12. The molecule has 5 nitrogen and oxygen atoms in total. The maximum atomic E-state index is 13.3. The Labute approximate surface area is 144 Å². The topological polar surface area (TPSA) is 72.5 Å². The summed E-state index contributed by atoms with van der Waals surface area (Å²) in [5, 5.41) is 0.394. The van der Waals surface area contributed by atoms with E-state index in [0.29, 0.717) is 5.02 Å². The van der Waals surface area contributed by atoms with E-state index in [4.69, 9.17) is 16.3 Å². The average Bonchev–Trinajstić information content (AvgIpc) is 2.53. The van der Waals surface area contributed by atoms with Crippen molar-refractivity contribution in [1.29, 1.82) is 0 Å². The van der Waals surface area contributed by atoms with E-state index in [9.17, 15) is 17.6 Å². The second-order valence-electron chi connectivity index (χ2n) is 4.87. The highest BCUT2D eigenvalue weighted by molar-refractivity contribution is 7.90.